The third-order valence-corrected chi connectivity index (χ3v) is 12.2. The van der Waals surface area contributed by atoms with Crippen LogP contribution in [-0.2, 0) is 54.5 Å². The fraction of sp³-hybridized carbons (Fsp3) is 0.357. The summed E-state index contributed by atoms with van der Waals surface area (Å²) in [7, 11) is 4.54. The van der Waals surface area contributed by atoms with Gasteiger partial charge < -0.3 is 56.3 Å². The van der Waals surface area contributed by atoms with Crippen molar-refractivity contribution in [3.05, 3.63) is 143 Å². The summed E-state index contributed by atoms with van der Waals surface area (Å²) >= 11 is 0. The van der Waals surface area contributed by atoms with Crippen molar-refractivity contribution in [1.82, 2.24) is 31.9 Å². The van der Waals surface area contributed by atoms with Gasteiger partial charge in [0.2, 0.25) is 41.2 Å². The smallest absolute Gasteiger partial charge is 0.246 e. The number of benzene rings is 4. The first-order chi connectivity index (χ1) is 34.9. The Morgan fingerprint density at radius 1 is 0.671 bits per heavy atom. The number of phenols is 2. The lowest BCUT2D eigenvalue weighted by Crippen LogP contribution is -2.59. The number of rotatable bonds is 23. The number of allylic oxidation sites excluding steroid dienone is 2. The Labute approximate surface area is 426 Å². The van der Waals surface area contributed by atoms with E-state index in [2.05, 4.69) is 38.5 Å². The van der Waals surface area contributed by atoms with Gasteiger partial charge in [-0.1, -0.05) is 81.1 Å². The van der Waals surface area contributed by atoms with E-state index < -0.39 is 59.7 Å². The van der Waals surface area contributed by atoms with E-state index in [1.807, 2.05) is 50.2 Å². The van der Waals surface area contributed by atoms with Gasteiger partial charge in [-0.2, -0.15) is 0 Å². The Kier molecular flexibility index (Phi) is 20.6. The maximum Gasteiger partial charge on any atom is 0.246 e. The van der Waals surface area contributed by atoms with Crippen molar-refractivity contribution in [2.24, 2.45) is 5.92 Å². The van der Waals surface area contributed by atoms with E-state index in [0.29, 0.717) is 64.3 Å². The van der Waals surface area contributed by atoms with E-state index in [-0.39, 0.29) is 49.0 Å². The molecule has 0 unspecified atom stereocenters. The first-order valence-corrected chi connectivity index (χ1v) is 24.1. The molecular weight excluding hydrogens is 933 g/mol. The third-order valence-electron chi connectivity index (χ3n) is 12.2. The number of hydrogen-bond acceptors (Lipinski definition) is 11. The molecule has 17 nitrogen and oxygen atoms in total. The Balaban J connectivity index is 1.42. The summed E-state index contributed by atoms with van der Waals surface area (Å²) in [5.41, 5.74) is 4.88. The van der Waals surface area contributed by atoms with Gasteiger partial charge in [-0.05, 0) is 108 Å². The minimum Gasteiger partial charge on any atom is -0.508 e. The van der Waals surface area contributed by atoms with E-state index in [9.17, 15) is 39.0 Å². The van der Waals surface area contributed by atoms with Crippen molar-refractivity contribution < 1.29 is 53.2 Å². The fourth-order valence-electron chi connectivity index (χ4n) is 8.64. The minimum atomic E-state index is -1.24. The van der Waals surface area contributed by atoms with E-state index in [1.54, 1.807) is 36.4 Å². The number of methoxy groups -OCH3 is 3. The Hall–Kier alpha value is -8.08. The highest BCUT2D eigenvalue weighted by Gasteiger charge is 2.33. The lowest BCUT2D eigenvalue weighted by molar-refractivity contribution is -0.134. The van der Waals surface area contributed by atoms with E-state index in [4.69, 9.17) is 14.2 Å². The van der Waals surface area contributed by atoms with Crippen LogP contribution in [0.15, 0.2) is 115 Å². The number of aryl methyl sites for hydroxylation is 2. The molecule has 8 N–H and O–H groups in total. The second-order valence-corrected chi connectivity index (χ2v) is 18.3. The number of phenolic OH excluding ortho intramolecular Hbond substituents is 2. The first-order valence-electron chi connectivity index (χ1n) is 24.1. The zero-order valence-corrected chi connectivity index (χ0v) is 42.5. The molecule has 0 bridgehead atoms. The van der Waals surface area contributed by atoms with E-state index >= 15 is 0 Å². The number of carbonyl (C=O) groups excluding carboxylic acids is 6. The maximum atomic E-state index is 14.4. The van der Waals surface area contributed by atoms with Crippen LogP contribution in [0.2, 0.25) is 0 Å². The average Bonchev–Trinajstić information content (AvgIpc) is 3.48. The van der Waals surface area contributed by atoms with Crippen LogP contribution in [0, 0.1) is 5.92 Å². The number of hydrogen-bond donors (Lipinski definition) is 8. The van der Waals surface area contributed by atoms with Crippen molar-refractivity contribution in [3.63, 3.8) is 0 Å². The molecule has 0 aromatic heterocycles. The van der Waals surface area contributed by atoms with Gasteiger partial charge in [0, 0.05) is 38.5 Å². The van der Waals surface area contributed by atoms with Crippen molar-refractivity contribution >= 4 is 41.0 Å². The number of carbonyl (C=O) groups is 6. The molecule has 0 aliphatic heterocycles. The van der Waals surface area contributed by atoms with Gasteiger partial charge >= 0.3 is 0 Å². The summed E-state index contributed by atoms with van der Waals surface area (Å²) in [4.78, 5) is 81.6. The molecule has 1 aliphatic rings. The summed E-state index contributed by atoms with van der Waals surface area (Å²) < 4.78 is 17.2. The number of aromatic hydroxyl groups is 2. The van der Waals surface area contributed by atoms with Crippen LogP contribution in [0.5, 0.6) is 28.7 Å². The molecule has 0 radical (unpaired) electrons. The summed E-state index contributed by atoms with van der Waals surface area (Å²) in [6.45, 7) is 10.8. The molecule has 4 aromatic rings. The van der Waals surface area contributed by atoms with E-state index in [1.165, 1.54) is 65.6 Å². The maximum absolute atomic E-state index is 14.4. The molecule has 388 valence electrons. The van der Waals surface area contributed by atoms with Crippen LogP contribution in [-0.4, -0.2) is 97.2 Å². The Morgan fingerprint density at radius 2 is 1.22 bits per heavy atom. The molecule has 0 saturated heterocycles. The van der Waals surface area contributed by atoms with Crippen molar-refractivity contribution in [2.75, 3.05) is 21.3 Å². The summed E-state index contributed by atoms with van der Waals surface area (Å²) in [6, 6.07) is 18.5. The Morgan fingerprint density at radius 3 is 1.75 bits per heavy atom. The number of amides is 6. The predicted octanol–water partition coefficient (Wildman–Crippen LogP) is 5.27. The highest BCUT2D eigenvalue weighted by molar-refractivity contribution is 5.96. The monoisotopic (exact) mass is 1000 g/mol. The van der Waals surface area contributed by atoms with Gasteiger partial charge in [0.05, 0.1) is 27.4 Å². The molecule has 0 saturated carbocycles. The fourth-order valence-corrected chi connectivity index (χ4v) is 8.64. The van der Waals surface area contributed by atoms with Crippen molar-refractivity contribution in [1.29, 1.82) is 0 Å². The standard InChI is InChI=1S/C56H68N6O11/c1-33(2)29-46(60-56(70)48(31-39-18-24-42(66)25-19-39)62-54(68)45(59-36(5)64)26-20-37-13-10-9-11-14-37)55(69)61-47(30-38-16-22-41(65)23-17-38)53(67)57-28-12-15-43-34(3)44(58-35(4)63)27-21-40-32-49(71-6)51(72-7)52(73-8)50(40)43/h9-19,22-25,28,32-33,44-48,65-66H,3,20-21,26-27,29-31H2,1-2,4-8H3,(H,57,67)(H,58,63)(H,59,64)(H,60,70)(H,61,69)(H,62,68)/b28-12+,43-15+/t44-,45-,46-,47-,48-/m0/s1. The second kappa shape index (κ2) is 26.9. The number of nitrogens with one attached hydrogen (secondary N) is 6. The molecule has 5 rings (SSSR count). The SMILES string of the molecule is C=C1/C(=C\C=C\NC(=O)[C@H](Cc2ccc(O)cc2)NC(=O)[C@H](CC(C)C)NC(=O)[C@H](Cc2ccc(O)cc2)NC(=O)[C@H](CCc2ccccc2)NC(C)=O)c2c(cc(OC)c(OC)c2OC)CC[C@@H]1NC(C)=O. The van der Waals surface area contributed by atoms with Crippen molar-refractivity contribution in [3.8, 4) is 28.7 Å². The molecule has 0 heterocycles. The average molecular weight is 1000 g/mol. The number of fused-ring (bicyclic) bond motifs is 1. The minimum absolute atomic E-state index is 0.00345. The molecule has 0 spiro atoms. The molecule has 5 atom stereocenters. The van der Waals surface area contributed by atoms with Gasteiger partial charge in [-0.3, -0.25) is 28.8 Å². The largest absolute Gasteiger partial charge is 0.508 e. The Bertz CT molecular complexity index is 2650. The summed E-state index contributed by atoms with van der Waals surface area (Å²) in [6.07, 6.45) is 6.59. The highest BCUT2D eigenvalue weighted by Crippen LogP contribution is 2.48. The highest BCUT2D eigenvalue weighted by atomic mass is 16.5. The molecule has 6 amide bonds. The normalized spacial score (nSPS) is 15.4. The zero-order valence-electron chi connectivity index (χ0n) is 42.5. The molecule has 17 heteroatoms. The van der Waals surface area contributed by atoms with Crippen LogP contribution in [0.1, 0.15) is 74.8 Å². The lowest BCUT2D eigenvalue weighted by Gasteiger charge is -2.27. The van der Waals surface area contributed by atoms with Crippen LogP contribution in [0.4, 0.5) is 0 Å². The van der Waals surface area contributed by atoms with Gasteiger partial charge in [-0.25, -0.2) is 0 Å². The molecule has 1 aliphatic carbocycles. The van der Waals surface area contributed by atoms with Crippen LogP contribution in [0.25, 0.3) is 5.57 Å². The van der Waals surface area contributed by atoms with Crippen LogP contribution < -0.4 is 46.1 Å². The number of ether oxygens (including phenoxy) is 3. The quantitative estimate of drug-likeness (QED) is 0.0446. The third kappa shape index (κ3) is 16.2. The molecule has 73 heavy (non-hydrogen) atoms. The van der Waals surface area contributed by atoms with Crippen LogP contribution >= 0.6 is 0 Å². The van der Waals surface area contributed by atoms with Gasteiger partial charge in [-0.15, -0.1) is 0 Å². The molecule has 0 fully saturated rings. The zero-order chi connectivity index (χ0) is 53.2. The predicted molar refractivity (Wildman–Crippen MR) is 278 cm³/mol. The lowest BCUT2D eigenvalue weighted by atomic mass is 9.92. The summed E-state index contributed by atoms with van der Waals surface area (Å²) in [5.74, 6) is -2.15. The second-order valence-electron chi connectivity index (χ2n) is 18.3. The van der Waals surface area contributed by atoms with Crippen molar-refractivity contribution in [2.45, 2.75) is 103 Å². The van der Waals surface area contributed by atoms with Gasteiger partial charge in [0.25, 0.3) is 0 Å². The molecule has 4 aromatic carbocycles. The first kappa shape index (κ1) is 55.8. The van der Waals surface area contributed by atoms with Crippen LogP contribution in [0.3, 0.4) is 0 Å². The topological polar surface area (TPSA) is 243 Å². The van der Waals surface area contributed by atoms with Gasteiger partial charge in [0.1, 0.15) is 35.7 Å². The summed E-state index contributed by atoms with van der Waals surface area (Å²) in [5, 5.41) is 36.9. The molecular formula is C56H68N6O11. The van der Waals surface area contributed by atoms with E-state index in [0.717, 1.165) is 11.1 Å². The van der Waals surface area contributed by atoms with Gasteiger partial charge in [0.15, 0.2) is 11.5 Å².